The van der Waals surface area contributed by atoms with Gasteiger partial charge in [-0.3, -0.25) is 4.79 Å². The van der Waals surface area contributed by atoms with Crippen molar-refractivity contribution in [2.75, 3.05) is 13.4 Å². The zero-order chi connectivity index (χ0) is 14.5. The number of amides is 1. The Hall–Kier alpha value is -1.53. The highest BCUT2D eigenvalue weighted by atomic mass is 32.2. The molecule has 1 aromatic carbocycles. The SMILES string of the molecule is COc1ccc(CNC(=O)c2sccc2SC)cc1F. The van der Waals surface area contributed by atoms with Crippen molar-refractivity contribution < 1.29 is 13.9 Å². The first-order valence-corrected chi connectivity index (χ1v) is 7.98. The molecule has 0 spiro atoms. The van der Waals surface area contributed by atoms with E-state index in [0.29, 0.717) is 10.4 Å². The molecule has 2 rings (SSSR count). The lowest BCUT2D eigenvalue weighted by atomic mass is 10.2. The Morgan fingerprint density at radius 2 is 2.25 bits per heavy atom. The van der Waals surface area contributed by atoms with Gasteiger partial charge in [0.1, 0.15) is 4.88 Å². The predicted molar refractivity (Wildman–Crippen MR) is 80.2 cm³/mol. The number of hydrogen-bond donors (Lipinski definition) is 1. The van der Waals surface area contributed by atoms with Gasteiger partial charge in [0.05, 0.1) is 7.11 Å². The Bertz CT molecular complexity index is 613. The number of benzene rings is 1. The second-order valence-corrected chi connectivity index (χ2v) is 5.73. The lowest BCUT2D eigenvalue weighted by Gasteiger charge is -2.07. The molecule has 0 unspecified atom stereocenters. The Morgan fingerprint density at radius 3 is 2.90 bits per heavy atom. The minimum absolute atomic E-state index is 0.138. The lowest BCUT2D eigenvalue weighted by molar-refractivity contribution is 0.0952. The Morgan fingerprint density at radius 1 is 1.45 bits per heavy atom. The molecule has 0 aliphatic heterocycles. The summed E-state index contributed by atoms with van der Waals surface area (Å²) in [7, 11) is 1.42. The van der Waals surface area contributed by atoms with Crippen LogP contribution in [0.15, 0.2) is 34.5 Å². The van der Waals surface area contributed by atoms with Crippen LogP contribution in [0.5, 0.6) is 5.75 Å². The third-order valence-electron chi connectivity index (χ3n) is 2.72. The van der Waals surface area contributed by atoms with Gasteiger partial charge in [0.25, 0.3) is 5.91 Å². The summed E-state index contributed by atoms with van der Waals surface area (Å²) in [5.74, 6) is -0.372. The molecule has 0 saturated heterocycles. The van der Waals surface area contributed by atoms with E-state index in [1.54, 1.807) is 12.1 Å². The Balaban J connectivity index is 2.02. The van der Waals surface area contributed by atoms with Gasteiger partial charge in [0.15, 0.2) is 11.6 Å². The van der Waals surface area contributed by atoms with Gasteiger partial charge in [0, 0.05) is 11.4 Å². The fourth-order valence-electron chi connectivity index (χ4n) is 1.71. The predicted octanol–water partition coefficient (Wildman–Crippen LogP) is 3.55. The molecule has 6 heteroatoms. The second-order valence-electron chi connectivity index (χ2n) is 3.97. The van der Waals surface area contributed by atoms with Crippen molar-refractivity contribution in [3.63, 3.8) is 0 Å². The van der Waals surface area contributed by atoms with E-state index in [2.05, 4.69) is 5.32 Å². The van der Waals surface area contributed by atoms with Crippen LogP contribution in [-0.2, 0) is 6.54 Å². The zero-order valence-electron chi connectivity index (χ0n) is 11.1. The number of carbonyl (C=O) groups excluding carboxylic acids is 1. The van der Waals surface area contributed by atoms with Crippen LogP contribution in [0.2, 0.25) is 0 Å². The average Bonchev–Trinajstić information content (AvgIpc) is 2.93. The maximum Gasteiger partial charge on any atom is 0.262 e. The van der Waals surface area contributed by atoms with Crippen LogP contribution >= 0.6 is 23.1 Å². The molecule has 0 bridgehead atoms. The van der Waals surface area contributed by atoms with Crippen LogP contribution in [0.4, 0.5) is 4.39 Å². The largest absolute Gasteiger partial charge is 0.494 e. The molecule has 0 aliphatic carbocycles. The van der Waals surface area contributed by atoms with Crippen molar-refractivity contribution >= 4 is 29.0 Å². The van der Waals surface area contributed by atoms with Gasteiger partial charge < -0.3 is 10.1 Å². The summed E-state index contributed by atoms with van der Waals surface area (Å²) in [6, 6.07) is 6.56. The number of nitrogens with one attached hydrogen (secondary N) is 1. The molecule has 106 valence electrons. The molecule has 0 fully saturated rings. The van der Waals surface area contributed by atoms with E-state index in [1.165, 1.54) is 36.3 Å². The van der Waals surface area contributed by atoms with Gasteiger partial charge in [0.2, 0.25) is 0 Å². The molecule has 1 aromatic heterocycles. The van der Waals surface area contributed by atoms with E-state index in [-0.39, 0.29) is 18.2 Å². The standard InChI is InChI=1S/C14H14FNO2S2/c1-18-11-4-3-9(7-10(11)15)8-16-14(17)13-12(19-2)5-6-20-13/h3-7H,8H2,1-2H3,(H,16,17). The van der Waals surface area contributed by atoms with Crippen molar-refractivity contribution in [1.82, 2.24) is 5.32 Å². The first-order valence-electron chi connectivity index (χ1n) is 5.87. The highest BCUT2D eigenvalue weighted by molar-refractivity contribution is 7.98. The number of halogens is 1. The molecule has 0 radical (unpaired) electrons. The molecule has 2 aromatic rings. The van der Waals surface area contributed by atoms with Gasteiger partial charge in [-0.15, -0.1) is 23.1 Å². The topological polar surface area (TPSA) is 38.3 Å². The number of ether oxygens (including phenoxy) is 1. The third-order valence-corrected chi connectivity index (χ3v) is 4.55. The van der Waals surface area contributed by atoms with Crippen LogP contribution in [0.25, 0.3) is 0 Å². The minimum Gasteiger partial charge on any atom is -0.494 e. The van der Waals surface area contributed by atoms with Crippen molar-refractivity contribution in [2.24, 2.45) is 0 Å². The third kappa shape index (κ3) is 3.32. The van der Waals surface area contributed by atoms with Crippen molar-refractivity contribution in [3.8, 4) is 5.75 Å². The summed E-state index contributed by atoms with van der Waals surface area (Å²) in [5.41, 5.74) is 0.693. The van der Waals surface area contributed by atoms with Crippen LogP contribution in [0.1, 0.15) is 15.2 Å². The van der Waals surface area contributed by atoms with E-state index in [1.807, 2.05) is 17.7 Å². The summed E-state index contributed by atoms with van der Waals surface area (Å²) in [6.07, 6.45) is 1.93. The smallest absolute Gasteiger partial charge is 0.262 e. The number of methoxy groups -OCH3 is 1. The van der Waals surface area contributed by atoms with E-state index >= 15 is 0 Å². The fourth-order valence-corrected chi connectivity index (χ4v) is 3.37. The molecule has 1 amide bonds. The van der Waals surface area contributed by atoms with Gasteiger partial charge in [-0.2, -0.15) is 0 Å². The number of carbonyl (C=O) groups is 1. The highest BCUT2D eigenvalue weighted by Crippen LogP contribution is 2.25. The molecule has 20 heavy (non-hydrogen) atoms. The molecule has 0 saturated carbocycles. The first-order chi connectivity index (χ1) is 9.65. The molecule has 0 atom stereocenters. The van der Waals surface area contributed by atoms with E-state index < -0.39 is 5.82 Å². The maximum atomic E-state index is 13.5. The first kappa shape index (κ1) is 14.9. The fraction of sp³-hybridized carbons (Fsp3) is 0.214. The maximum absolute atomic E-state index is 13.5. The van der Waals surface area contributed by atoms with Gasteiger partial charge >= 0.3 is 0 Å². The van der Waals surface area contributed by atoms with Crippen LogP contribution in [-0.4, -0.2) is 19.3 Å². The Labute approximate surface area is 125 Å². The second kappa shape index (κ2) is 6.76. The molecule has 1 heterocycles. The summed E-state index contributed by atoms with van der Waals surface area (Å²) in [4.78, 5) is 13.7. The average molecular weight is 311 g/mol. The Kier molecular flexibility index (Phi) is 5.03. The monoisotopic (exact) mass is 311 g/mol. The van der Waals surface area contributed by atoms with Crippen molar-refractivity contribution in [3.05, 3.63) is 45.9 Å². The molecule has 0 aliphatic rings. The number of rotatable bonds is 5. The molecule has 1 N–H and O–H groups in total. The quantitative estimate of drug-likeness (QED) is 0.858. The normalized spacial score (nSPS) is 10.3. The molecular formula is C14H14FNO2S2. The summed E-state index contributed by atoms with van der Waals surface area (Å²) < 4.78 is 18.4. The highest BCUT2D eigenvalue weighted by Gasteiger charge is 2.12. The zero-order valence-corrected chi connectivity index (χ0v) is 12.7. The van der Waals surface area contributed by atoms with Crippen LogP contribution in [0.3, 0.4) is 0 Å². The number of thioether (sulfide) groups is 1. The van der Waals surface area contributed by atoms with Crippen molar-refractivity contribution in [2.45, 2.75) is 11.4 Å². The summed E-state index contributed by atoms with van der Waals surface area (Å²) in [6.45, 7) is 0.283. The molecule has 3 nitrogen and oxygen atoms in total. The van der Waals surface area contributed by atoms with E-state index in [9.17, 15) is 9.18 Å². The molecular weight excluding hydrogens is 297 g/mol. The summed E-state index contributed by atoms with van der Waals surface area (Å²) in [5, 5.41) is 4.67. The van der Waals surface area contributed by atoms with Crippen LogP contribution < -0.4 is 10.1 Å². The van der Waals surface area contributed by atoms with E-state index in [4.69, 9.17) is 4.74 Å². The number of thiophene rings is 1. The van der Waals surface area contributed by atoms with Crippen molar-refractivity contribution in [1.29, 1.82) is 0 Å². The minimum atomic E-state index is -0.430. The van der Waals surface area contributed by atoms with Gasteiger partial charge in [-0.25, -0.2) is 4.39 Å². The van der Waals surface area contributed by atoms with Crippen LogP contribution in [0, 0.1) is 5.82 Å². The van der Waals surface area contributed by atoms with Gasteiger partial charge in [-0.05, 0) is 35.4 Å². The van der Waals surface area contributed by atoms with E-state index in [0.717, 1.165) is 4.90 Å². The summed E-state index contributed by atoms with van der Waals surface area (Å²) >= 11 is 2.93. The van der Waals surface area contributed by atoms with Gasteiger partial charge in [-0.1, -0.05) is 6.07 Å². The lowest BCUT2D eigenvalue weighted by Crippen LogP contribution is -2.22. The number of hydrogen-bond acceptors (Lipinski definition) is 4.